The molecule has 0 fully saturated rings. The van der Waals surface area contributed by atoms with Crippen LogP contribution >= 0.6 is 23.2 Å². The maximum atomic E-state index is 11.8. The quantitative estimate of drug-likeness (QED) is 0.769. The zero-order valence-corrected chi connectivity index (χ0v) is 10.2. The number of halogens is 2. The lowest BCUT2D eigenvalue weighted by atomic mass is 10.2. The molecule has 1 atom stereocenters. The zero-order valence-electron chi connectivity index (χ0n) is 8.67. The molecule has 0 aliphatic heterocycles. The van der Waals surface area contributed by atoms with Crippen LogP contribution < -0.4 is 0 Å². The van der Waals surface area contributed by atoms with E-state index in [-0.39, 0.29) is 16.5 Å². The van der Waals surface area contributed by atoms with Gasteiger partial charge in [-0.3, -0.25) is 4.79 Å². The van der Waals surface area contributed by atoms with Crippen LogP contribution in [0.15, 0.2) is 16.7 Å². The molecule has 0 aliphatic carbocycles. The molecule has 1 rings (SSSR count). The van der Waals surface area contributed by atoms with Gasteiger partial charge >= 0.3 is 0 Å². The van der Waals surface area contributed by atoms with Gasteiger partial charge in [0.05, 0.1) is 11.8 Å². The Morgan fingerprint density at radius 2 is 2.33 bits per heavy atom. The molecule has 15 heavy (non-hydrogen) atoms. The maximum absolute atomic E-state index is 11.8. The molecule has 84 valence electrons. The molecule has 1 aromatic rings. The van der Waals surface area contributed by atoms with Crippen molar-refractivity contribution >= 4 is 29.1 Å². The summed E-state index contributed by atoms with van der Waals surface area (Å²) in [5.74, 6) is -0.147. The van der Waals surface area contributed by atoms with Gasteiger partial charge in [0.2, 0.25) is 5.22 Å². The van der Waals surface area contributed by atoms with Crippen LogP contribution in [0.4, 0.5) is 0 Å². The number of carbonyl (C=O) groups excluding carboxylic acids is 1. The third-order valence-electron chi connectivity index (χ3n) is 2.06. The summed E-state index contributed by atoms with van der Waals surface area (Å²) in [6, 6.07) is 1.56. The summed E-state index contributed by atoms with van der Waals surface area (Å²) in [5.41, 5.74) is 0.390. The van der Waals surface area contributed by atoms with Crippen LogP contribution in [0.25, 0.3) is 0 Å². The van der Waals surface area contributed by atoms with Gasteiger partial charge in [0.25, 0.3) is 5.91 Å². The first-order valence-corrected chi connectivity index (χ1v) is 5.46. The largest absolute Gasteiger partial charge is 0.452 e. The van der Waals surface area contributed by atoms with Crippen molar-refractivity contribution in [2.24, 2.45) is 0 Å². The molecule has 0 saturated carbocycles. The van der Waals surface area contributed by atoms with Crippen molar-refractivity contribution in [1.29, 1.82) is 0 Å². The van der Waals surface area contributed by atoms with Gasteiger partial charge in [-0.1, -0.05) is 0 Å². The predicted octanol–water partition coefficient (Wildman–Crippen LogP) is 3.02. The van der Waals surface area contributed by atoms with E-state index >= 15 is 0 Å². The number of hydrogen-bond acceptors (Lipinski definition) is 2. The predicted molar refractivity (Wildman–Crippen MR) is 60.6 cm³/mol. The molecule has 1 aromatic heterocycles. The minimum absolute atomic E-state index is 0.0556. The van der Waals surface area contributed by atoms with Crippen molar-refractivity contribution in [2.45, 2.75) is 18.7 Å². The molecular formula is C10H13Cl2NO2. The normalized spacial score (nSPS) is 12.5. The Bertz CT molecular complexity index is 336. The molecule has 0 saturated heterocycles. The van der Waals surface area contributed by atoms with Crippen molar-refractivity contribution in [1.82, 2.24) is 4.90 Å². The molecular weight excluding hydrogens is 237 g/mol. The first-order chi connectivity index (χ1) is 7.02. The van der Waals surface area contributed by atoms with Gasteiger partial charge in [-0.2, -0.15) is 0 Å². The Morgan fingerprint density at radius 1 is 1.67 bits per heavy atom. The Kier molecular flexibility index (Phi) is 4.48. The number of carbonyl (C=O) groups is 1. The van der Waals surface area contributed by atoms with E-state index in [9.17, 15) is 4.79 Å². The van der Waals surface area contributed by atoms with Crippen LogP contribution in [0.1, 0.15) is 23.7 Å². The lowest BCUT2D eigenvalue weighted by Crippen LogP contribution is -2.28. The molecule has 0 radical (unpaired) electrons. The fourth-order valence-corrected chi connectivity index (χ4v) is 1.42. The van der Waals surface area contributed by atoms with Crippen LogP contribution in [0, 0.1) is 0 Å². The van der Waals surface area contributed by atoms with Crippen molar-refractivity contribution < 1.29 is 9.21 Å². The van der Waals surface area contributed by atoms with Crippen LogP contribution in [-0.2, 0) is 0 Å². The van der Waals surface area contributed by atoms with Gasteiger partial charge in [-0.15, -0.1) is 11.6 Å². The first kappa shape index (κ1) is 12.4. The lowest BCUT2D eigenvalue weighted by Gasteiger charge is -2.16. The average molecular weight is 250 g/mol. The minimum Gasteiger partial charge on any atom is -0.452 e. The summed E-state index contributed by atoms with van der Waals surface area (Å²) >= 11 is 11.5. The monoisotopic (exact) mass is 249 g/mol. The van der Waals surface area contributed by atoms with Gasteiger partial charge in [-0.25, -0.2) is 0 Å². The average Bonchev–Trinajstić information content (AvgIpc) is 2.59. The third kappa shape index (κ3) is 3.43. The van der Waals surface area contributed by atoms with E-state index in [0.717, 1.165) is 6.42 Å². The molecule has 0 bridgehead atoms. The summed E-state index contributed by atoms with van der Waals surface area (Å²) < 4.78 is 4.85. The molecule has 1 unspecified atom stereocenters. The van der Waals surface area contributed by atoms with E-state index in [1.54, 1.807) is 18.0 Å². The highest BCUT2D eigenvalue weighted by Gasteiger charge is 2.17. The Morgan fingerprint density at radius 3 is 2.80 bits per heavy atom. The van der Waals surface area contributed by atoms with E-state index < -0.39 is 0 Å². The fourth-order valence-electron chi connectivity index (χ4n) is 1.12. The molecule has 1 heterocycles. The molecule has 5 heteroatoms. The van der Waals surface area contributed by atoms with Gasteiger partial charge in [0.1, 0.15) is 0 Å². The Balaban J connectivity index is 2.57. The number of rotatable bonds is 4. The summed E-state index contributed by atoms with van der Waals surface area (Å²) in [7, 11) is 1.71. The van der Waals surface area contributed by atoms with E-state index in [2.05, 4.69) is 0 Å². The third-order valence-corrected chi connectivity index (χ3v) is 2.57. The number of hydrogen-bond donors (Lipinski definition) is 0. The molecule has 0 N–H and O–H groups in total. The number of furan rings is 1. The van der Waals surface area contributed by atoms with Crippen molar-refractivity contribution in [2.75, 3.05) is 13.6 Å². The molecule has 0 aliphatic rings. The maximum Gasteiger partial charge on any atom is 0.258 e. The van der Waals surface area contributed by atoms with E-state index in [1.807, 2.05) is 6.92 Å². The van der Waals surface area contributed by atoms with Crippen LogP contribution in [0.5, 0.6) is 0 Å². The van der Waals surface area contributed by atoms with Gasteiger partial charge in [0, 0.05) is 19.0 Å². The molecule has 0 spiro atoms. The van der Waals surface area contributed by atoms with E-state index in [4.69, 9.17) is 27.6 Å². The highest BCUT2D eigenvalue weighted by atomic mass is 35.5. The number of amides is 1. The standard InChI is InChI=1S/C10H13Cl2NO2/c1-7(11)3-5-13(2)10(14)8-4-6-15-9(8)12/h4,6-7H,3,5H2,1-2H3. The topological polar surface area (TPSA) is 33.5 Å². The number of alkyl halides is 1. The summed E-state index contributed by atoms with van der Waals surface area (Å²) in [6.07, 6.45) is 2.15. The van der Waals surface area contributed by atoms with Crippen LogP contribution in [0.3, 0.4) is 0 Å². The van der Waals surface area contributed by atoms with Gasteiger partial charge in [0.15, 0.2) is 0 Å². The van der Waals surface area contributed by atoms with Crippen LogP contribution in [0.2, 0.25) is 5.22 Å². The fraction of sp³-hybridized carbons (Fsp3) is 0.500. The van der Waals surface area contributed by atoms with Crippen molar-refractivity contribution in [3.05, 3.63) is 23.1 Å². The second-order valence-electron chi connectivity index (χ2n) is 3.40. The number of nitrogens with zero attached hydrogens (tertiary/aromatic N) is 1. The zero-order chi connectivity index (χ0) is 11.4. The molecule has 1 amide bonds. The van der Waals surface area contributed by atoms with Crippen molar-refractivity contribution in [3.63, 3.8) is 0 Å². The highest BCUT2D eigenvalue weighted by Crippen LogP contribution is 2.18. The van der Waals surface area contributed by atoms with E-state index in [1.165, 1.54) is 6.26 Å². The summed E-state index contributed by atoms with van der Waals surface area (Å²) in [6.45, 7) is 2.50. The van der Waals surface area contributed by atoms with E-state index in [0.29, 0.717) is 12.1 Å². The molecule has 3 nitrogen and oxygen atoms in total. The minimum atomic E-state index is -0.147. The second kappa shape index (κ2) is 5.42. The highest BCUT2D eigenvalue weighted by molar-refractivity contribution is 6.32. The first-order valence-electron chi connectivity index (χ1n) is 4.65. The summed E-state index contributed by atoms with van der Waals surface area (Å²) in [5, 5.41) is 0.186. The molecule has 0 aromatic carbocycles. The van der Waals surface area contributed by atoms with Crippen molar-refractivity contribution in [3.8, 4) is 0 Å². The Labute approximate surface area is 98.9 Å². The van der Waals surface area contributed by atoms with Gasteiger partial charge in [-0.05, 0) is 31.0 Å². The van der Waals surface area contributed by atoms with Crippen LogP contribution in [-0.4, -0.2) is 29.8 Å². The SMILES string of the molecule is CC(Cl)CCN(C)C(=O)c1ccoc1Cl. The second-order valence-corrected chi connectivity index (χ2v) is 4.49. The smallest absolute Gasteiger partial charge is 0.258 e. The Hall–Kier alpha value is -0.670. The van der Waals surface area contributed by atoms with Gasteiger partial charge < -0.3 is 9.32 Å². The summed E-state index contributed by atoms with van der Waals surface area (Å²) in [4.78, 5) is 13.4. The lowest BCUT2D eigenvalue weighted by molar-refractivity contribution is 0.0793.